The molecule has 1 aliphatic rings. The van der Waals surface area contributed by atoms with Gasteiger partial charge >= 0.3 is 0 Å². The zero-order chi connectivity index (χ0) is 13.7. The minimum atomic E-state index is 0.562. The van der Waals surface area contributed by atoms with E-state index in [1.807, 2.05) is 12.1 Å². The van der Waals surface area contributed by atoms with Crippen molar-refractivity contribution in [2.75, 3.05) is 32.7 Å². The van der Waals surface area contributed by atoms with Gasteiger partial charge in [-0.2, -0.15) is 5.26 Å². The van der Waals surface area contributed by atoms with Crippen molar-refractivity contribution < 1.29 is 0 Å². The second-order valence-corrected chi connectivity index (χ2v) is 5.59. The van der Waals surface area contributed by atoms with Crippen LogP contribution in [-0.4, -0.2) is 47.5 Å². The first-order chi connectivity index (χ1) is 9.19. The molecular formula is C15H22N4. The number of hydrogen-bond acceptors (Lipinski definition) is 4. The van der Waals surface area contributed by atoms with Crippen LogP contribution in [0.15, 0.2) is 18.3 Å². The molecule has 1 aromatic heterocycles. The maximum absolute atomic E-state index is 9.05. The zero-order valence-electron chi connectivity index (χ0n) is 11.8. The molecule has 4 heteroatoms. The lowest BCUT2D eigenvalue weighted by Gasteiger charge is -2.35. The van der Waals surface area contributed by atoms with E-state index in [0.29, 0.717) is 5.69 Å². The van der Waals surface area contributed by atoms with Crippen molar-refractivity contribution in [3.8, 4) is 6.07 Å². The predicted molar refractivity (Wildman–Crippen MR) is 75.5 cm³/mol. The van der Waals surface area contributed by atoms with Crippen molar-refractivity contribution >= 4 is 0 Å². The summed E-state index contributed by atoms with van der Waals surface area (Å²) in [7, 11) is 0. The average molecular weight is 258 g/mol. The highest BCUT2D eigenvalue weighted by Crippen LogP contribution is 2.11. The highest BCUT2D eigenvalue weighted by atomic mass is 15.3. The van der Waals surface area contributed by atoms with Crippen LogP contribution in [0.2, 0.25) is 0 Å². The van der Waals surface area contributed by atoms with Crippen molar-refractivity contribution in [3.63, 3.8) is 0 Å². The number of hydrogen-bond donors (Lipinski definition) is 0. The Hall–Kier alpha value is -1.44. The maximum Gasteiger partial charge on any atom is 0.144 e. The van der Waals surface area contributed by atoms with Crippen molar-refractivity contribution in [2.45, 2.75) is 20.4 Å². The van der Waals surface area contributed by atoms with Crippen LogP contribution in [0.5, 0.6) is 0 Å². The van der Waals surface area contributed by atoms with Gasteiger partial charge in [0.1, 0.15) is 11.8 Å². The number of nitrogens with zero attached hydrogens (tertiary/aromatic N) is 4. The number of nitriles is 1. The molecule has 0 amide bonds. The van der Waals surface area contributed by atoms with Gasteiger partial charge in [0.2, 0.25) is 0 Å². The smallest absolute Gasteiger partial charge is 0.144 e. The van der Waals surface area contributed by atoms with E-state index in [9.17, 15) is 0 Å². The Morgan fingerprint density at radius 1 is 1.26 bits per heavy atom. The van der Waals surface area contributed by atoms with E-state index in [2.05, 4.69) is 34.7 Å². The third-order valence-corrected chi connectivity index (χ3v) is 3.48. The Balaban J connectivity index is 1.87. The van der Waals surface area contributed by atoms with Gasteiger partial charge in [0.25, 0.3) is 0 Å². The molecule has 0 bridgehead atoms. The molecule has 0 N–H and O–H groups in total. The Kier molecular flexibility index (Phi) is 4.89. The fraction of sp³-hybridized carbons (Fsp3) is 0.600. The number of piperazine rings is 1. The maximum atomic E-state index is 9.05. The molecular weight excluding hydrogens is 236 g/mol. The molecule has 0 saturated carbocycles. The Morgan fingerprint density at radius 2 is 1.95 bits per heavy atom. The largest absolute Gasteiger partial charge is 0.301 e. The van der Waals surface area contributed by atoms with E-state index < -0.39 is 0 Å². The first-order valence-electron chi connectivity index (χ1n) is 6.97. The van der Waals surface area contributed by atoms with Crippen LogP contribution in [0.3, 0.4) is 0 Å². The van der Waals surface area contributed by atoms with E-state index in [0.717, 1.165) is 44.2 Å². The van der Waals surface area contributed by atoms with Gasteiger partial charge < -0.3 is 4.90 Å². The van der Waals surface area contributed by atoms with Gasteiger partial charge in [0.05, 0.1) is 0 Å². The van der Waals surface area contributed by atoms with Crippen LogP contribution in [0.4, 0.5) is 0 Å². The summed E-state index contributed by atoms with van der Waals surface area (Å²) in [6.07, 6.45) is 1.68. The molecule has 19 heavy (non-hydrogen) atoms. The van der Waals surface area contributed by atoms with Gasteiger partial charge in [-0.25, -0.2) is 4.98 Å². The second kappa shape index (κ2) is 6.65. The third-order valence-electron chi connectivity index (χ3n) is 3.48. The molecule has 0 spiro atoms. The Morgan fingerprint density at radius 3 is 2.58 bits per heavy atom. The van der Waals surface area contributed by atoms with Crippen LogP contribution in [0.25, 0.3) is 0 Å². The van der Waals surface area contributed by atoms with Gasteiger partial charge in [-0.1, -0.05) is 19.9 Å². The van der Waals surface area contributed by atoms with Gasteiger partial charge in [-0.05, 0) is 12.0 Å². The lowest BCUT2D eigenvalue weighted by atomic mass is 10.1. The lowest BCUT2D eigenvalue weighted by molar-refractivity contribution is 0.117. The highest BCUT2D eigenvalue weighted by Gasteiger charge is 2.18. The molecule has 1 aliphatic heterocycles. The molecule has 4 nitrogen and oxygen atoms in total. The van der Waals surface area contributed by atoms with Crippen molar-refractivity contribution in [3.05, 3.63) is 29.6 Å². The topological polar surface area (TPSA) is 43.2 Å². The molecule has 102 valence electrons. The molecule has 1 fully saturated rings. The number of aromatic nitrogens is 1. The SMILES string of the molecule is CC(C)CN1CCN(Cc2cccnc2C#N)CC1. The minimum Gasteiger partial charge on any atom is -0.301 e. The molecule has 2 rings (SSSR count). The summed E-state index contributed by atoms with van der Waals surface area (Å²) in [5, 5.41) is 9.05. The first-order valence-corrected chi connectivity index (χ1v) is 6.97. The predicted octanol–water partition coefficient (Wildman–Crippen LogP) is 1.73. The van der Waals surface area contributed by atoms with E-state index >= 15 is 0 Å². The van der Waals surface area contributed by atoms with Crippen LogP contribution < -0.4 is 0 Å². The highest BCUT2D eigenvalue weighted by molar-refractivity contribution is 5.30. The van der Waals surface area contributed by atoms with Gasteiger partial charge in [0, 0.05) is 51.0 Å². The van der Waals surface area contributed by atoms with Crippen molar-refractivity contribution in [1.29, 1.82) is 5.26 Å². The van der Waals surface area contributed by atoms with E-state index in [1.165, 1.54) is 6.54 Å². The number of pyridine rings is 1. The standard InChI is InChI=1S/C15H22N4/c1-13(2)11-18-6-8-19(9-7-18)12-14-4-3-5-17-15(14)10-16/h3-5,13H,6-9,11-12H2,1-2H3. The van der Waals surface area contributed by atoms with Crippen LogP contribution >= 0.6 is 0 Å². The first kappa shape index (κ1) is 14.0. The fourth-order valence-corrected chi connectivity index (χ4v) is 2.55. The molecule has 0 aromatic carbocycles. The van der Waals surface area contributed by atoms with Crippen LogP contribution in [-0.2, 0) is 6.54 Å². The van der Waals surface area contributed by atoms with Crippen molar-refractivity contribution in [2.24, 2.45) is 5.92 Å². The second-order valence-electron chi connectivity index (χ2n) is 5.59. The minimum absolute atomic E-state index is 0.562. The van der Waals surface area contributed by atoms with Gasteiger partial charge in [-0.3, -0.25) is 4.90 Å². The lowest BCUT2D eigenvalue weighted by Crippen LogP contribution is -2.46. The summed E-state index contributed by atoms with van der Waals surface area (Å²) < 4.78 is 0. The van der Waals surface area contributed by atoms with Crippen LogP contribution in [0, 0.1) is 17.2 Å². The fourth-order valence-electron chi connectivity index (χ4n) is 2.55. The number of rotatable bonds is 4. The monoisotopic (exact) mass is 258 g/mol. The molecule has 1 saturated heterocycles. The molecule has 0 unspecified atom stereocenters. The van der Waals surface area contributed by atoms with Crippen molar-refractivity contribution in [1.82, 2.24) is 14.8 Å². The van der Waals surface area contributed by atoms with E-state index in [-0.39, 0.29) is 0 Å². The molecule has 1 aromatic rings. The summed E-state index contributed by atoms with van der Waals surface area (Å²) in [6, 6.07) is 6.09. The summed E-state index contributed by atoms with van der Waals surface area (Å²) in [5.41, 5.74) is 1.61. The molecule has 0 aliphatic carbocycles. The van der Waals surface area contributed by atoms with Crippen LogP contribution in [0.1, 0.15) is 25.1 Å². The summed E-state index contributed by atoms with van der Waals surface area (Å²) >= 11 is 0. The Labute approximate surface area is 115 Å². The summed E-state index contributed by atoms with van der Waals surface area (Å²) in [6.45, 7) is 11.0. The molecule has 0 atom stereocenters. The van der Waals surface area contributed by atoms with Gasteiger partial charge in [-0.15, -0.1) is 0 Å². The quantitative estimate of drug-likeness (QED) is 0.825. The normalized spacial score (nSPS) is 17.6. The zero-order valence-corrected chi connectivity index (χ0v) is 11.8. The summed E-state index contributed by atoms with van der Waals surface area (Å²) in [4.78, 5) is 9.05. The molecule has 2 heterocycles. The third kappa shape index (κ3) is 4.02. The Bertz CT molecular complexity index is 442. The molecule has 0 radical (unpaired) electrons. The van der Waals surface area contributed by atoms with E-state index in [1.54, 1.807) is 6.20 Å². The average Bonchev–Trinajstić information content (AvgIpc) is 2.41. The van der Waals surface area contributed by atoms with E-state index in [4.69, 9.17) is 5.26 Å². The van der Waals surface area contributed by atoms with Gasteiger partial charge in [0.15, 0.2) is 0 Å². The summed E-state index contributed by atoms with van der Waals surface area (Å²) in [5.74, 6) is 0.732.